The molecule has 0 aliphatic carbocycles. The number of nitro groups is 1. The normalized spacial score (nSPS) is 10.4. The van der Waals surface area contributed by atoms with Gasteiger partial charge in [0.1, 0.15) is 12.4 Å². The highest BCUT2D eigenvalue weighted by molar-refractivity contribution is 6.17. The summed E-state index contributed by atoms with van der Waals surface area (Å²) in [4.78, 5) is 14.9. The monoisotopic (exact) mass is 306 g/mol. The number of aromatic nitrogens is 1. The maximum Gasteiger partial charge on any atom is 0.278 e. The molecule has 0 N–H and O–H groups in total. The molecular weight excluding hydrogens is 292 g/mol. The van der Waals surface area contributed by atoms with Gasteiger partial charge in [0.15, 0.2) is 0 Å². The molecule has 1 aromatic heterocycles. The van der Waals surface area contributed by atoms with Crippen LogP contribution >= 0.6 is 11.6 Å². The minimum Gasteiger partial charge on any atom is -0.487 e. The van der Waals surface area contributed by atoms with Crippen LogP contribution in [0.3, 0.4) is 0 Å². The van der Waals surface area contributed by atoms with E-state index in [2.05, 4.69) is 4.98 Å². The Hall–Kier alpha value is -2.14. The van der Waals surface area contributed by atoms with Crippen LogP contribution in [0.5, 0.6) is 5.75 Å². The first kappa shape index (κ1) is 15.3. The minimum atomic E-state index is -0.384. The molecule has 0 amide bonds. The Labute approximate surface area is 127 Å². The average Bonchev–Trinajstić information content (AvgIpc) is 2.46. The fraction of sp³-hybridized carbons (Fsp3) is 0.267. The number of halogens is 1. The van der Waals surface area contributed by atoms with Crippen molar-refractivity contribution in [2.45, 2.75) is 26.3 Å². The van der Waals surface area contributed by atoms with Crippen molar-refractivity contribution in [3.63, 3.8) is 0 Å². The third-order valence-corrected chi connectivity index (χ3v) is 3.52. The lowest BCUT2D eigenvalue weighted by atomic mass is 10.1. The first-order chi connectivity index (χ1) is 10.0. The van der Waals surface area contributed by atoms with Gasteiger partial charge in [-0.2, -0.15) is 0 Å². The van der Waals surface area contributed by atoms with E-state index in [-0.39, 0.29) is 17.2 Å². The van der Waals surface area contributed by atoms with Crippen molar-refractivity contribution < 1.29 is 9.66 Å². The van der Waals surface area contributed by atoms with Crippen molar-refractivity contribution in [3.8, 4) is 5.75 Å². The molecule has 0 saturated heterocycles. The number of alkyl halides is 1. The number of aryl methyl sites for hydroxylation is 1. The van der Waals surface area contributed by atoms with Gasteiger partial charge in [-0.1, -0.05) is 12.1 Å². The second kappa shape index (κ2) is 6.54. The van der Waals surface area contributed by atoms with Crippen LogP contribution in [0.15, 0.2) is 30.5 Å². The quantitative estimate of drug-likeness (QED) is 0.477. The number of pyridine rings is 1. The molecule has 2 aromatic rings. The number of nitrogens with zero attached hydrogens (tertiary/aromatic N) is 2. The van der Waals surface area contributed by atoms with Crippen LogP contribution in [-0.2, 0) is 12.5 Å². The lowest BCUT2D eigenvalue weighted by Crippen LogP contribution is -2.05. The highest BCUT2D eigenvalue weighted by Gasteiger charge is 2.18. The number of ether oxygens (including phenoxy) is 1. The summed E-state index contributed by atoms with van der Waals surface area (Å²) in [5.74, 6) is 1.12. The first-order valence-electron chi connectivity index (χ1n) is 6.40. The van der Waals surface area contributed by atoms with E-state index >= 15 is 0 Å². The van der Waals surface area contributed by atoms with Crippen molar-refractivity contribution in [2.24, 2.45) is 0 Å². The summed E-state index contributed by atoms with van der Waals surface area (Å²) in [5, 5.41) is 11.1. The SMILES string of the molecule is Cc1cnc(COc2ccc(CCl)cc2)c(C)c1[N+](=O)[O-]. The smallest absolute Gasteiger partial charge is 0.278 e. The van der Waals surface area contributed by atoms with Crippen molar-refractivity contribution >= 4 is 17.3 Å². The molecule has 0 aliphatic rings. The molecule has 1 aromatic carbocycles. The van der Waals surface area contributed by atoms with E-state index in [4.69, 9.17) is 16.3 Å². The molecule has 0 saturated carbocycles. The van der Waals surface area contributed by atoms with Crippen LogP contribution in [0.25, 0.3) is 0 Å². The maximum atomic E-state index is 11.1. The molecule has 0 aliphatic heterocycles. The molecule has 0 bridgehead atoms. The van der Waals surface area contributed by atoms with Gasteiger partial charge < -0.3 is 4.74 Å². The Kier molecular flexibility index (Phi) is 4.75. The highest BCUT2D eigenvalue weighted by atomic mass is 35.5. The second-order valence-electron chi connectivity index (χ2n) is 4.68. The van der Waals surface area contributed by atoms with E-state index < -0.39 is 0 Å². The predicted molar refractivity (Wildman–Crippen MR) is 80.7 cm³/mol. The number of hydrogen-bond acceptors (Lipinski definition) is 4. The van der Waals surface area contributed by atoms with Gasteiger partial charge in [0.05, 0.1) is 16.2 Å². The molecule has 2 rings (SSSR count). The van der Waals surface area contributed by atoms with Crippen LogP contribution in [0.2, 0.25) is 0 Å². The summed E-state index contributed by atoms with van der Waals surface area (Å²) >= 11 is 5.72. The van der Waals surface area contributed by atoms with Gasteiger partial charge in [0, 0.05) is 17.6 Å². The van der Waals surface area contributed by atoms with Crippen LogP contribution in [-0.4, -0.2) is 9.91 Å². The van der Waals surface area contributed by atoms with E-state index in [0.29, 0.717) is 28.5 Å². The minimum absolute atomic E-state index is 0.0982. The summed E-state index contributed by atoms with van der Waals surface area (Å²) in [6.07, 6.45) is 1.50. The largest absolute Gasteiger partial charge is 0.487 e. The fourth-order valence-corrected chi connectivity index (χ4v) is 2.20. The molecule has 0 spiro atoms. The van der Waals surface area contributed by atoms with Gasteiger partial charge in [-0.15, -0.1) is 11.6 Å². The van der Waals surface area contributed by atoms with E-state index in [1.165, 1.54) is 6.20 Å². The van der Waals surface area contributed by atoms with Crippen molar-refractivity contribution in [1.82, 2.24) is 4.98 Å². The molecule has 0 unspecified atom stereocenters. The Bertz CT molecular complexity index is 657. The molecule has 0 atom stereocenters. The van der Waals surface area contributed by atoms with Gasteiger partial charge in [-0.3, -0.25) is 15.1 Å². The zero-order valence-electron chi connectivity index (χ0n) is 11.8. The molecular formula is C15H15ClN2O3. The Balaban J connectivity index is 2.16. The predicted octanol–water partition coefficient (Wildman–Crippen LogP) is 3.92. The number of rotatable bonds is 5. The summed E-state index contributed by atoms with van der Waals surface area (Å²) in [6.45, 7) is 3.55. The molecule has 0 radical (unpaired) electrons. The van der Waals surface area contributed by atoms with Gasteiger partial charge >= 0.3 is 0 Å². The molecule has 0 fully saturated rings. The topological polar surface area (TPSA) is 65.3 Å². The van der Waals surface area contributed by atoms with Crippen molar-refractivity contribution in [1.29, 1.82) is 0 Å². The average molecular weight is 307 g/mol. The molecule has 110 valence electrons. The summed E-state index contributed by atoms with van der Waals surface area (Å²) < 4.78 is 5.62. The molecule has 1 heterocycles. The summed E-state index contributed by atoms with van der Waals surface area (Å²) in [5.41, 5.74) is 2.75. The van der Waals surface area contributed by atoms with E-state index in [1.807, 2.05) is 24.3 Å². The van der Waals surface area contributed by atoms with Gasteiger partial charge in [-0.05, 0) is 31.5 Å². The zero-order valence-corrected chi connectivity index (χ0v) is 12.6. The van der Waals surface area contributed by atoms with Crippen LogP contribution < -0.4 is 4.74 Å². The standard InChI is InChI=1S/C15H15ClN2O3/c1-10-8-17-14(11(2)15(10)18(19)20)9-21-13-5-3-12(7-16)4-6-13/h3-6,8H,7,9H2,1-2H3. The Morgan fingerprint density at radius 3 is 2.52 bits per heavy atom. The van der Waals surface area contributed by atoms with Crippen LogP contribution in [0.1, 0.15) is 22.4 Å². The van der Waals surface area contributed by atoms with Gasteiger partial charge in [-0.25, -0.2) is 0 Å². The van der Waals surface area contributed by atoms with Crippen LogP contribution in [0.4, 0.5) is 5.69 Å². The highest BCUT2D eigenvalue weighted by Crippen LogP contribution is 2.25. The molecule has 6 heteroatoms. The van der Waals surface area contributed by atoms with Crippen molar-refractivity contribution in [2.75, 3.05) is 0 Å². The lowest BCUT2D eigenvalue weighted by molar-refractivity contribution is -0.386. The summed E-state index contributed by atoms with van der Waals surface area (Å²) in [6, 6.07) is 7.38. The van der Waals surface area contributed by atoms with E-state index in [1.54, 1.807) is 13.8 Å². The number of hydrogen-bond donors (Lipinski definition) is 0. The second-order valence-corrected chi connectivity index (χ2v) is 4.95. The molecule has 21 heavy (non-hydrogen) atoms. The lowest BCUT2D eigenvalue weighted by Gasteiger charge is -2.09. The van der Waals surface area contributed by atoms with E-state index in [9.17, 15) is 10.1 Å². The third kappa shape index (κ3) is 3.49. The Morgan fingerprint density at radius 1 is 1.29 bits per heavy atom. The molecule has 5 nitrogen and oxygen atoms in total. The zero-order chi connectivity index (χ0) is 15.4. The third-order valence-electron chi connectivity index (χ3n) is 3.21. The Morgan fingerprint density at radius 2 is 1.95 bits per heavy atom. The number of benzene rings is 1. The summed E-state index contributed by atoms with van der Waals surface area (Å²) in [7, 11) is 0. The first-order valence-corrected chi connectivity index (χ1v) is 6.93. The fourth-order valence-electron chi connectivity index (χ4n) is 2.02. The van der Waals surface area contributed by atoms with Crippen LogP contribution in [0, 0.1) is 24.0 Å². The van der Waals surface area contributed by atoms with Gasteiger partial charge in [0.2, 0.25) is 0 Å². The maximum absolute atomic E-state index is 11.1. The van der Waals surface area contributed by atoms with Crippen molar-refractivity contribution in [3.05, 3.63) is 63.0 Å². The van der Waals surface area contributed by atoms with E-state index in [0.717, 1.165) is 5.56 Å². The van der Waals surface area contributed by atoms with Gasteiger partial charge in [0.25, 0.3) is 5.69 Å².